The van der Waals surface area contributed by atoms with Gasteiger partial charge in [-0.25, -0.2) is 8.78 Å². The Kier molecular flexibility index (Phi) is 3.29. The molecule has 18 heavy (non-hydrogen) atoms. The molecule has 1 aromatic carbocycles. The first kappa shape index (κ1) is 12.5. The van der Waals surface area contributed by atoms with Crippen molar-refractivity contribution in [2.75, 3.05) is 7.11 Å². The van der Waals surface area contributed by atoms with Gasteiger partial charge in [-0.1, -0.05) is 0 Å². The van der Waals surface area contributed by atoms with E-state index in [1.807, 2.05) is 0 Å². The molecule has 1 unspecified atom stereocenters. The van der Waals surface area contributed by atoms with Crippen molar-refractivity contribution < 1.29 is 18.3 Å². The molecule has 0 saturated heterocycles. The standard InChI is InChI=1S/C12H12F2N2O2/c1-18-12(17)9(15)2-6-5-16-10-4-7(13)3-8(14)11(6)10/h3-5,9,16H,2,15H2,1H3. The molecule has 1 atom stereocenters. The number of fused-ring (bicyclic) bond motifs is 1. The molecule has 0 fully saturated rings. The van der Waals surface area contributed by atoms with Crippen molar-refractivity contribution in [3.63, 3.8) is 0 Å². The van der Waals surface area contributed by atoms with Crippen molar-refractivity contribution in [2.24, 2.45) is 5.73 Å². The van der Waals surface area contributed by atoms with Crippen molar-refractivity contribution in [3.8, 4) is 0 Å². The van der Waals surface area contributed by atoms with Crippen LogP contribution in [-0.2, 0) is 16.0 Å². The summed E-state index contributed by atoms with van der Waals surface area (Å²) in [5.41, 5.74) is 6.45. The molecule has 1 heterocycles. The molecule has 0 spiro atoms. The van der Waals surface area contributed by atoms with Gasteiger partial charge in [-0.15, -0.1) is 0 Å². The Balaban J connectivity index is 2.38. The summed E-state index contributed by atoms with van der Waals surface area (Å²) in [6.07, 6.45) is 1.63. The number of carbonyl (C=O) groups is 1. The van der Waals surface area contributed by atoms with E-state index >= 15 is 0 Å². The number of ether oxygens (including phenoxy) is 1. The van der Waals surface area contributed by atoms with Crippen LogP contribution < -0.4 is 5.73 Å². The lowest BCUT2D eigenvalue weighted by atomic mass is 10.1. The van der Waals surface area contributed by atoms with Crippen molar-refractivity contribution in [3.05, 3.63) is 35.5 Å². The van der Waals surface area contributed by atoms with Gasteiger partial charge in [0.2, 0.25) is 0 Å². The molecule has 6 heteroatoms. The minimum Gasteiger partial charge on any atom is -0.468 e. The van der Waals surface area contributed by atoms with Crippen LogP contribution in [0.2, 0.25) is 0 Å². The number of carbonyl (C=O) groups excluding carboxylic acids is 1. The van der Waals surface area contributed by atoms with E-state index in [-0.39, 0.29) is 11.8 Å². The lowest BCUT2D eigenvalue weighted by molar-refractivity contribution is -0.142. The third-order valence-electron chi connectivity index (χ3n) is 2.72. The zero-order chi connectivity index (χ0) is 13.3. The smallest absolute Gasteiger partial charge is 0.322 e. The number of halogens is 2. The lowest BCUT2D eigenvalue weighted by Crippen LogP contribution is -2.33. The van der Waals surface area contributed by atoms with Gasteiger partial charge in [-0.05, 0) is 11.6 Å². The lowest BCUT2D eigenvalue weighted by Gasteiger charge is -2.08. The molecule has 96 valence electrons. The van der Waals surface area contributed by atoms with Crippen LogP contribution in [0.15, 0.2) is 18.3 Å². The molecule has 2 aromatic rings. The van der Waals surface area contributed by atoms with E-state index in [0.717, 1.165) is 6.07 Å². The molecular weight excluding hydrogens is 242 g/mol. The van der Waals surface area contributed by atoms with Gasteiger partial charge in [-0.2, -0.15) is 0 Å². The topological polar surface area (TPSA) is 68.1 Å². The second kappa shape index (κ2) is 4.73. The molecule has 0 aliphatic carbocycles. The molecule has 0 bridgehead atoms. The second-order valence-corrected chi connectivity index (χ2v) is 3.96. The minimum atomic E-state index is -0.876. The van der Waals surface area contributed by atoms with Crippen LogP contribution in [0.5, 0.6) is 0 Å². The maximum Gasteiger partial charge on any atom is 0.322 e. The van der Waals surface area contributed by atoms with E-state index in [4.69, 9.17) is 5.73 Å². The van der Waals surface area contributed by atoms with Gasteiger partial charge in [0, 0.05) is 24.1 Å². The number of nitrogens with one attached hydrogen (secondary N) is 1. The number of rotatable bonds is 3. The monoisotopic (exact) mass is 254 g/mol. The molecule has 0 aliphatic rings. The fourth-order valence-electron chi connectivity index (χ4n) is 1.88. The van der Waals surface area contributed by atoms with E-state index in [9.17, 15) is 13.6 Å². The number of aromatic amines is 1. The van der Waals surface area contributed by atoms with Crippen LogP contribution >= 0.6 is 0 Å². The molecule has 2 rings (SSSR count). The summed E-state index contributed by atoms with van der Waals surface area (Å²) in [6.45, 7) is 0. The van der Waals surface area contributed by atoms with Crippen LogP contribution in [0.4, 0.5) is 8.78 Å². The zero-order valence-corrected chi connectivity index (χ0v) is 9.67. The van der Waals surface area contributed by atoms with Gasteiger partial charge in [-0.3, -0.25) is 4.79 Å². The van der Waals surface area contributed by atoms with E-state index in [0.29, 0.717) is 11.1 Å². The summed E-state index contributed by atoms with van der Waals surface area (Å²) in [6, 6.07) is 1.10. The molecule has 4 nitrogen and oxygen atoms in total. The number of esters is 1. The highest BCUT2D eigenvalue weighted by atomic mass is 19.1. The Morgan fingerprint density at radius 3 is 2.89 bits per heavy atom. The summed E-state index contributed by atoms with van der Waals surface area (Å²) in [4.78, 5) is 13.9. The third kappa shape index (κ3) is 2.19. The Labute approximate surface area is 102 Å². The zero-order valence-electron chi connectivity index (χ0n) is 9.67. The first-order chi connectivity index (χ1) is 8.52. The summed E-state index contributed by atoms with van der Waals surface area (Å²) >= 11 is 0. The Bertz CT molecular complexity index is 595. The SMILES string of the molecule is COC(=O)C(N)Cc1c[nH]c2cc(F)cc(F)c12. The highest BCUT2D eigenvalue weighted by Gasteiger charge is 2.18. The number of hydrogen-bond acceptors (Lipinski definition) is 3. The fourth-order valence-corrected chi connectivity index (χ4v) is 1.88. The average molecular weight is 254 g/mol. The van der Waals surface area contributed by atoms with E-state index in [2.05, 4.69) is 9.72 Å². The summed E-state index contributed by atoms with van der Waals surface area (Å²) in [5.74, 6) is -1.92. The van der Waals surface area contributed by atoms with Crippen molar-refractivity contribution in [1.82, 2.24) is 4.98 Å². The van der Waals surface area contributed by atoms with Gasteiger partial charge in [0.05, 0.1) is 12.6 Å². The fraction of sp³-hybridized carbons (Fsp3) is 0.250. The van der Waals surface area contributed by atoms with Crippen LogP contribution in [0.25, 0.3) is 10.9 Å². The van der Waals surface area contributed by atoms with Crippen LogP contribution in [0, 0.1) is 11.6 Å². The number of H-pyrrole nitrogens is 1. The molecule has 0 amide bonds. The minimum absolute atomic E-state index is 0.120. The Hall–Kier alpha value is -1.95. The van der Waals surface area contributed by atoms with Crippen molar-refractivity contribution in [2.45, 2.75) is 12.5 Å². The van der Waals surface area contributed by atoms with E-state index in [1.165, 1.54) is 19.4 Å². The Morgan fingerprint density at radius 1 is 1.50 bits per heavy atom. The van der Waals surface area contributed by atoms with Gasteiger partial charge in [0.1, 0.15) is 17.7 Å². The van der Waals surface area contributed by atoms with Crippen LogP contribution in [0.1, 0.15) is 5.56 Å². The maximum atomic E-state index is 13.7. The number of methoxy groups -OCH3 is 1. The largest absolute Gasteiger partial charge is 0.468 e. The number of nitrogens with two attached hydrogens (primary N) is 1. The quantitative estimate of drug-likeness (QED) is 0.815. The first-order valence-corrected chi connectivity index (χ1v) is 5.31. The summed E-state index contributed by atoms with van der Waals surface area (Å²) < 4.78 is 31.1. The molecule has 3 N–H and O–H groups in total. The summed E-state index contributed by atoms with van der Waals surface area (Å²) in [7, 11) is 1.23. The average Bonchev–Trinajstić information content (AvgIpc) is 2.71. The van der Waals surface area contributed by atoms with E-state index < -0.39 is 23.6 Å². The van der Waals surface area contributed by atoms with Gasteiger partial charge in [0.15, 0.2) is 0 Å². The highest BCUT2D eigenvalue weighted by Crippen LogP contribution is 2.23. The van der Waals surface area contributed by atoms with Gasteiger partial charge >= 0.3 is 5.97 Å². The normalized spacial score (nSPS) is 12.7. The molecule has 0 aliphatic heterocycles. The second-order valence-electron chi connectivity index (χ2n) is 3.96. The molecular formula is C12H12F2N2O2. The number of aromatic nitrogens is 1. The molecule has 0 saturated carbocycles. The molecule has 1 aromatic heterocycles. The van der Waals surface area contributed by atoms with Crippen molar-refractivity contribution >= 4 is 16.9 Å². The predicted octanol–water partition coefficient (Wildman–Crippen LogP) is 1.49. The molecule has 0 radical (unpaired) electrons. The van der Waals surface area contributed by atoms with Gasteiger partial charge in [0.25, 0.3) is 0 Å². The third-order valence-corrected chi connectivity index (χ3v) is 2.72. The van der Waals surface area contributed by atoms with Gasteiger partial charge < -0.3 is 15.5 Å². The number of hydrogen-bond donors (Lipinski definition) is 2. The van der Waals surface area contributed by atoms with E-state index in [1.54, 1.807) is 0 Å². The first-order valence-electron chi connectivity index (χ1n) is 5.31. The summed E-state index contributed by atoms with van der Waals surface area (Å²) in [5, 5.41) is 0.246. The van der Waals surface area contributed by atoms with Crippen LogP contribution in [-0.4, -0.2) is 24.1 Å². The van der Waals surface area contributed by atoms with Crippen molar-refractivity contribution in [1.29, 1.82) is 0 Å². The Morgan fingerprint density at radius 2 is 2.22 bits per heavy atom. The predicted molar refractivity (Wildman–Crippen MR) is 61.9 cm³/mol. The number of benzene rings is 1. The highest BCUT2D eigenvalue weighted by molar-refractivity contribution is 5.85. The maximum absolute atomic E-state index is 13.7. The van der Waals surface area contributed by atoms with Crippen LogP contribution in [0.3, 0.4) is 0 Å².